The van der Waals surface area contributed by atoms with Crippen LogP contribution < -0.4 is 15.8 Å². The zero-order chi connectivity index (χ0) is 15.8. The molecule has 5 heteroatoms. The van der Waals surface area contributed by atoms with Crippen molar-refractivity contribution in [2.45, 2.75) is 52.2 Å². The molecule has 0 bridgehead atoms. The van der Waals surface area contributed by atoms with Crippen molar-refractivity contribution in [2.24, 2.45) is 5.73 Å². The van der Waals surface area contributed by atoms with Crippen molar-refractivity contribution < 1.29 is 9.53 Å². The summed E-state index contributed by atoms with van der Waals surface area (Å²) in [6.07, 6.45) is 2.66. The number of amides is 1. The molecule has 0 heterocycles. The fraction of sp³-hybridized carbons (Fsp3) is 0.562. The number of unbranched alkanes of at least 4 members (excludes halogenated alkanes) is 2. The number of halogens is 1. The van der Waals surface area contributed by atoms with Gasteiger partial charge in [0, 0.05) is 23.2 Å². The average Bonchev–Trinajstić information content (AvgIpc) is 2.44. The molecular weight excluding hydrogens is 288 g/mol. The number of nitrogens with two attached hydrogens (primary N) is 1. The summed E-state index contributed by atoms with van der Waals surface area (Å²) in [6.45, 7) is 6.40. The summed E-state index contributed by atoms with van der Waals surface area (Å²) in [7, 11) is 0. The van der Waals surface area contributed by atoms with Gasteiger partial charge in [-0.1, -0.05) is 31.4 Å². The van der Waals surface area contributed by atoms with Crippen molar-refractivity contribution >= 4 is 17.5 Å². The van der Waals surface area contributed by atoms with Gasteiger partial charge in [-0.25, -0.2) is 0 Å². The van der Waals surface area contributed by atoms with E-state index in [0.29, 0.717) is 17.3 Å². The molecule has 1 amide bonds. The van der Waals surface area contributed by atoms with Gasteiger partial charge < -0.3 is 15.8 Å². The molecule has 0 aliphatic heterocycles. The van der Waals surface area contributed by atoms with Crippen molar-refractivity contribution in [2.75, 3.05) is 6.54 Å². The largest absolute Gasteiger partial charge is 0.481 e. The van der Waals surface area contributed by atoms with Gasteiger partial charge in [0.15, 0.2) is 6.10 Å². The number of carbonyl (C=O) groups is 1. The van der Waals surface area contributed by atoms with Crippen molar-refractivity contribution in [1.82, 2.24) is 5.32 Å². The maximum atomic E-state index is 12.0. The number of rotatable bonds is 8. The van der Waals surface area contributed by atoms with Crippen LogP contribution in [0.5, 0.6) is 5.75 Å². The lowest BCUT2D eigenvalue weighted by Crippen LogP contribution is -2.37. The Balaban J connectivity index is 2.61. The van der Waals surface area contributed by atoms with Crippen LogP contribution in [0.2, 0.25) is 5.02 Å². The lowest BCUT2D eigenvalue weighted by Gasteiger charge is -2.19. The molecule has 0 fully saturated rings. The molecular formula is C16H25ClN2O2. The number of ether oxygens (including phenoxy) is 1. The summed E-state index contributed by atoms with van der Waals surface area (Å²) in [5.74, 6) is 0.488. The number of benzene rings is 1. The van der Waals surface area contributed by atoms with E-state index in [2.05, 4.69) is 12.2 Å². The molecule has 1 aromatic rings. The molecule has 1 rings (SSSR count). The zero-order valence-electron chi connectivity index (χ0n) is 13.0. The van der Waals surface area contributed by atoms with Crippen LogP contribution in [0.3, 0.4) is 0 Å². The minimum absolute atomic E-state index is 0.114. The Morgan fingerprint density at radius 3 is 2.71 bits per heavy atom. The molecule has 0 spiro atoms. The minimum atomic E-state index is -0.565. The van der Waals surface area contributed by atoms with Crippen LogP contribution >= 0.6 is 11.6 Å². The Kier molecular flexibility index (Phi) is 7.54. The molecule has 0 aromatic heterocycles. The number of carbonyl (C=O) groups excluding carboxylic acids is 1. The Bertz CT molecular complexity index is 464. The third kappa shape index (κ3) is 5.94. The monoisotopic (exact) mass is 312 g/mol. The average molecular weight is 313 g/mol. The first-order valence-corrected chi connectivity index (χ1v) is 7.82. The van der Waals surface area contributed by atoms with Crippen LogP contribution in [0.1, 0.15) is 51.6 Å². The van der Waals surface area contributed by atoms with Crippen molar-refractivity contribution in [3.8, 4) is 5.75 Å². The molecule has 3 N–H and O–H groups in total. The third-order valence-corrected chi connectivity index (χ3v) is 3.45. The second kappa shape index (κ2) is 8.90. The highest BCUT2D eigenvalue weighted by Crippen LogP contribution is 2.28. The van der Waals surface area contributed by atoms with E-state index in [1.807, 2.05) is 6.92 Å². The first-order chi connectivity index (χ1) is 9.95. The van der Waals surface area contributed by atoms with Crippen LogP contribution in [-0.4, -0.2) is 18.6 Å². The van der Waals surface area contributed by atoms with E-state index in [4.69, 9.17) is 22.1 Å². The molecule has 2 atom stereocenters. The summed E-state index contributed by atoms with van der Waals surface area (Å²) in [5, 5.41) is 3.48. The fourth-order valence-corrected chi connectivity index (χ4v) is 2.14. The van der Waals surface area contributed by atoms with Gasteiger partial charge in [-0.15, -0.1) is 0 Å². The molecule has 118 valence electrons. The van der Waals surface area contributed by atoms with E-state index in [-0.39, 0.29) is 11.9 Å². The van der Waals surface area contributed by atoms with E-state index in [9.17, 15) is 4.79 Å². The van der Waals surface area contributed by atoms with Crippen LogP contribution in [0.15, 0.2) is 18.2 Å². The number of nitrogens with one attached hydrogen (secondary N) is 1. The van der Waals surface area contributed by atoms with Gasteiger partial charge in [-0.05, 0) is 38.5 Å². The second-order valence-electron chi connectivity index (χ2n) is 5.23. The summed E-state index contributed by atoms with van der Waals surface area (Å²) in [4.78, 5) is 12.0. The van der Waals surface area contributed by atoms with Crippen LogP contribution in [-0.2, 0) is 4.79 Å². The van der Waals surface area contributed by atoms with Gasteiger partial charge in [-0.2, -0.15) is 0 Å². The Morgan fingerprint density at radius 2 is 2.10 bits per heavy atom. The van der Waals surface area contributed by atoms with Crippen molar-refractivity contribution in [1.29, 1.82) is 0 Å². The molecule has 0 aliphatic rings. The van der Waals surface area contributed by atoms with Gasteiger partial charge in [0.05, 0.1) is 0 Å². The number of hydrogen-bond donors (Lipinski definition) is 2. The highest BCUT2D eigenvalue weighted by Gasteiger charge is 2.17. The molecule has 21 heavy (non-hydrogen) atoms. The van der Waals surface area contributed by atoms with Gasteiger partial charge in [-0.3, -0.25) is 4.79 Å². The minimum Gasteiger partial charge on any atom is -0.481 e. The van der Waals surface area contributed by atoms with E-state index >= 15 is 0 Å². The predicted molar refractivity (Wildman–Crippen MR) is 86.7 cm³/mol. The van der Waals surface area contributed by atoms with Gasteiger partial charge in [0.2, 0.25) is 0 Å². The topological polar surface area (TPSA) is 64.3 Å². The van der Waals surface area contributed by atoms with Crippen LogP contribution in [0, 0.1) is 0 Å². The summed E-state index contributed by atoms with van der Waals surface area (Å²) < 4.78 is 5.73. The maximum Gasteiger partial charge on any atom is 0.260 e. The zero-order valence-corrected chi connectivity index (χ0v) is 13.7. The normalized spacial score (nSPS) is 13.6. The van der Waals surface area contributed by atoms with Crippen LogP contribution in [0.4, 0.5) is 0 Å². The lowest BCUT2D eigenvalue weighted by molar-refractivity contribution is -0.127. The molecule has 0 aliphatic carbocycles. The Morgan fingerprint density at radius 1 is 1.38 bits per heavy atom. The highest BCUT2D eigenvalue weighted by molar-refractivity contribution is 6.30. The predicted octanol–water partition coefficient (Wildman–Crippen LogP) is 3.43. The van der Waals surface area contributed by atoms with E-state index < -0.39 is 6.10 Å². The number of hydrogen-bond acceptors (Lipinski definition) is 3. The maximum absolute atomic E-state index is 12.0. The molecule has 1 unspecified atom stereocenters. The molecule has 0 saturated carbocycles. The Labute approximate surface area is 132 Å². The fourth-order valence-electron chi connectivity index (χ4n) is 1.96. The second-order valence-corrected chi connectivity index (χ2v) is 5.67. The lowest BCUT2D eigenvalue weighted by atomic mass is 10.1. The van der Waals surface area contributed by atoms with E-state index in [1.54, 1.807) is 25.1 Å². The molecule has 0 radical (unpaired) electrons. The standard InChI is InChI=1S/C16H25ClN2O2/c1-4-5-6-9-19-16(20)12(3)21-15-8-7-13(17)10-14(15)11(2)18/h7-8,10-12H,4-6,9,18H2,1-3H3,(H,19,20)/t11-,12?/m1/s1. The van der Waals surface area contributed by atoms with Crippen molar-refractivity contribution in [3.05, 3.63) is 28.8 Å². The first-order valence-electron chi connectivity index (χ1n) is 7.45. The smallest absolute Gasteiger partial charge is 0.260 e. The van der Waals surface area contributed by atoms with Gasteiger partial charge in [0.1, 0.15) is 5.75 Å². The summed E-state index contributed by atoms with van der Waals surface area (Å²) >= 11 is 5.97. The van der Waals surface area contributed by atoms with Crippen LogP contribution in [0.25, 0.3) is 0 Å². The molecule has 1 aromatic carbocycles. The van der Waals surface area contributed by atoms with E-state index in [1.165, 1.54) is 0 Å². The Hall–Kier alpha value is -1.26. The SMILES string of the molecule is CCCCCNC(=O)C(C)Oc1ccc(Cl)cc1[C@@H](C)N. The third-order valence-electron chi connectivity index (χ3n) is 3.21. The molecule has 4 nitrogen and oxygen atoms in total. The van der Waals surface area contributed by atoms with E-state index in [0.717, 1.165) is 24.8 Å². The van der Waals surface area contributed by atoms with Gasteiger partial charge in [0.25, 0.3) is 5.91 Å². The highest BCUT2D eigenvalue weighted by atomic mass is 35.5. The molecule has 0 saturated heterocycles. The first kappa shape index (κ1) is 17.8. The summed E-state index contributed by atoms with van der Waals surface area (Å²) in [6, 6.07) is 5.04. The summed E-state index contributed by atoms with van der Waals surface area (Å²) in [5.41, 5.74) is 6.71. The quantitative estimate of drug-likeness (QED) is 0.723. The van der Waals surface area contributed by atoms with Crippen molar-refractivity contribution in [3.63, 3.8) is 0 Å². The van der Waals surface area contributed by atoms with Gasteiger partial charge >= 0.3 is 0 Å².